The minimum atomic E-state index is -4.90. The molecule has 3 aromatic rings. The number of carbonyl (C=O) groups is 1. The maximum absolute atomic E-state index is 15.0. The Kier molecular flexibility index (Phi) is 9.29. The van der Waals surface area contributed by atoms with Crippen LogP contribution >= 0.6 is 0 Å². The second-order valence-corrected chi connectivity index (χ2v) is 12.0. The minimum Gasteiger partial charge on any atom is -0.465 e. The lowest BCUT2D eigenvalue weighted by Crippen LogP contribution is -2.54. The maximum atomic E-state index is 15.0. The van der Waals surface area contributed by atoms with Crippen LogP contribution < -0.4 is 21.5 Å². The molecule has 238 valence electrons. The predicted molar refractivity (Wildman–Crippen MR) is 159 cm³/mol. The third-order valence-corrected chi connectivity index (χ3v) is 7.86. The van der Waals surface area contributed by atoms with E-state index >= 15 is 0 Å². The molecular formula is C31H37F4N5O4. The van der Waals surface area contributed by atoms with Crippen molar-refractivity contribution in [3.8, 4) is 0 Å². The van der Waals surface area contributed by atoms with E-state index < -0.39 is 65.1 Å². The fraction of sp³-hybridized carbons (Fsp3) is 0.452. The number of aromatic nitrogens is 2. The normalized spacial score (nSPS) is 16.6. The van der Waals surface area contributed by atoms with Gasteiger partial charge in [-0.25, -0.2) is 14.0 Å². The monoisotopic (exact) mass is 619 g/mol. The number of nitrogens with zero attached hydrogens (tertiary/aromatic N) is 4. The zero-order valence-corrected chi connectivity index (χ0v) is 25.3. The van der Waals surface area contributed by atoms with Gasteiger partial charge in [0, 0.05) is 42.5 Å². The van der Waals surface area contributed by atoms with Crippen LogP contribution in [0.5, 0.6) is 0 Å². The highest BCUT2D eigenvalue weighted by Crippen LogP contribution is 2.34. The van der Waals surface area contributed by atoms with Crippen molar-refractivity contribution < 1.29 is 27.5 Å². The number of hydrogen-bond donors (Lipinski definition) is 2. The van der Waals surface area contributed by atoms with Gasteiger partial charge in [-0.1, -0.05) is 36.4 Å². The summed E-state index contributed by atoms with van der Waals surface area (Å²) in [7, 11) is 0. The molecule has 2 heterocycles. The highest BCUT2D eigenvalue weighted by Gasteiger charge is 2.37. The van der Waals surface area contributed by atoms with Crippen molar-refractivity contribution in [2.75, 3.05) is 24.5 Å². The second kappa shape index (κ2) is 12.5. The number of hydrogen-bond acceptors (Lipinski definition) is 5. The summed E-state index contributed by atoms with van der Waals surface area (Å²) >= 11 is 0. The van der Waals surface area contributed by atoms with Gasteiger partial charge in [-0.2, -0.15) is 13.2 Å². The number of halogens is 4. The molecule has 13 heteroatoms. The van der Waals surface area contributed by atoms with Crippen LogP contribution in [-0.4, -0.2) is 56.4 Å². The second-order valence-electron chi connectivity index (χ2n) is 12.0. The zero-order valence-electron chi connectivity index (χ0n) is 25.3. The number of amides is 1. The van der Waals surface area contributed by atoms with E-state index in [-0.39, 0.29) is 17.4 Å². The van der Waals surface area contributed by atoms with Crippen LogP contribution in [-0.2, 0) is 19.3 Å². The van der Waals surface area contributed by atoms with Crippen LogP contribution in [0.4, 0.5) is 28.0 Å². The van der Waals surface area contributed by atoms with E-state index in [1.54, 1.807) is 56.0 Å². The van der Waals surface area contributed by atoms with Crippen molar-refractivity contribution in [2.24, 2.45) is 0 Å². The standard InChI is InChI=1S/C31H37F4N5O4/c1-19-16-37(15-14-36-19)26-20(2)38(17-22-23(31(33,34)35)12-9-13-24(22)32)28(42)39(27(26)41)18-25(21-10-7-6-8-11-21)40(29(43)44)30(3,4)5/h6-13,19,25,36H,14-18H2,1-5H3,(H,43,44)/t19?,25-/m0/s1. The molecule has 1 fully saturated rings. The molecular weight excluding hydrogens is 582 g/mol. The first-order valence-corrected chi connectivity index (χ1v) is 14.3. The predicted octanol–water partition coefficient (Wildman–Crippen LogP) is 4.84. The van der Waals surface area contributed by atoms with Gasteiger partial charge < -0.3 is 15.3 Å². The summed E-state index contributed by atoms with van der Waals surface area (Å²) in [6, 6.07) is 10.0. The molecule has 2 N–H and O–H groups in total. The van der Waals surface area contributed by atoms with Gasteiger partial charge in [-0.05, 0) is 52.3 Å². The lowest BCUT2D eigenvalue weighted by Gasteiger charge is -2.40. The molecule has 2 atom stereocenters. The number of piperazine rings is 1. The summed E-state index contributed by atoms with van der Waals surface area (Å²) in [5, 5.41) is 13.5. The SMILES string of the molecule is Cc1c(N2CCNC(C)C2)c(=O)n(C[C@@H](c2ccccc2)N(C(=O)O)C(C)(C)C)c(=O)n1Cc1c(F)cccc1C(F)(F)F. The number of carboxylic acid groups (broad SMARTS) is 1. The van der Waals surface area contributed by atoms with E-state index in [0.717, 1.165) is 32.2 Å². The first kappa shape index (κ1) is 32.8. The molecule has 1 unspecified atom stereocenters. The molecule has 0 spiro atoms. The fourth-order valence-electron chi connectivity index (χ4n) is 5.85. The molecule has 4 rings (SSSR count). The Morgan fingerprint density at radius 3 is 2.30 bits per heavy atom. The minimum absolute atomic E-state index is 0.0414. The van der Waals surface area contributed by atoms with Crippen molar-refractivity contribution >= 4 is 11.8 Å². The zero-order chi connectivity index (χ0) is 32.6. The van der Waals surface area contributed by atoms with Crippen LogP contribution in [0.1, 0.15) is 56.1 Å². The third-order valence-electron chi connectivity index (χ3n) is 7.86. The molecule has 0 radical (unpaired) electrons. The summed E-state index contributed by atoms with van der Waals surface area (Å²) in [4.78, 5) is 43.8. The van der Waals surface area contributed by atoms with Crippen LogP contribution in [0.15, 0.2) is 58.1 Å². The van der Waals surface area contributed by atoms with Crippen molar-refractivity contribution in [3.63, 3.8) is 0 Å². The van der Waals surface area contributed by atoms with Crippen molar-refractivity contribution in [1.82, 2.24) is 19.4 Å². The Balaban J connectivity index is 2.00. The van der Waals surface area contributed by atoms with Crippen molar-refractivity contribution in [2.45, 2.75) is 71.5 Å². The molecule has 2 aromatic carbocycles. The Morgan fingerprint density at radius 1 is 1.07 bits per heavy atom. The largest absolute Gasteiger partial charge is 0.465 e. The summed E-state index contributed by atoms with van der Waals surface area (Å²) in [6.45, 7) is 8.43. The van der Waals surface area contributed by atoms with Gasteiger partial charge in [0.1, 0.15) is 11.5 Å². The molecule has 0 aliphatic carbocycles. The summed E-state index contributed by atoms with van der Waals surface area (Å²) in [5.74, 6) is -1.15. The van der Waals surface area contributed by atoms with Gasteiger partial charge >= 0.3 is 18.0 Å². The van der Waals surface area contributed by atoms with Gasteiger partial charge in [0.25, 0.3) is 5.56 Å². The molecule has 44 heavy (non-hydrogen) atoms. The van der Waals surface area contributed by atoms with Crippen LogP contribution in [0, 0.1) is 12.7 Å². The molecule has 1 aromatic heterocycles. The number of benzene rings is 2. The van der Waals surface area contributed by atoms with Crippen molar-refractivity contribution in [3.05, 3.63) is 97.6 Å². The Morgan fingerprint density at radius 2 is 1.73 bits per heavy atom. The van der Waals surface area contributed by atoms with Crippen LogP contribution in [0.2, 0.25) is 0 Å². The average Bonchev–Trinajstić information content (AvgIpc) is 2.92. The van der Waals surface area contributed by atoms with Gasteiger partial charge in [0.15, 0.2) is 0 Å². The first-order valence-electron chi connectivity index (χ1n) is 14.3. The molecule has 1 amide bonds. The molecule has 0 saturated carbocycles. The highest BCUT2D eigenvalue weighted by molar-refractivity contribution is 5.67. The van der Waals surface area contributed by atoms with E-state index in [1.165, 1.54) is 6.92 Å². The lowest BCUT2D eigenvalue weighted by molar-refractivity contribution is -0.138. The summed E-state index contributed by atoms with van der Waals surface area (Å²) in [6.07, 6.45) is -6.18. The Hall–Kier alpha value is -4.13. The fourth-order valence-corrected chi connectivity index (χ4v) is 5.85. The highest BCUT2D eigenvalue weighted by atomic mass is 19.4. The van der Waals surface area contributed by atoms with E-state index in [1.807, 2.05) is 6.92 Å². The number of rotatable bonds is 7. The topological polar surface area (TPSA) is 99.8 Å². The third kappa shape index (κ3) is 6.67. The summed E-state index contributed by atoms with van der Waals surface area (Å²) < 4.78 is 58.7. The Bertz CT molecular complexity index is 1630. The first-order chi connectivity index (χ1) is 20.5. The number of nitrogens with one attached hydrogen (secondary N) is 1. The van der Waals surface area contributed by atoms with Crippen LogP contribution in [0.3, 0.4) is 0 Å². The van der Waals surface area contributed by atoms with E-state index in [0.29, 0.717) is 25.2 Å². The summed E-state index contributed by atoms with van der Waals surface area (Å²) in [5.41, 5.74) is -3.93. The van der Waals surface area contributed by atoms with Crippen LogP contribution in [0.25, 0.3) is 0 Å². The number of anilines is 1. The van der Waals surface area contributed by atoms with Crippen molar-refractivity contribution in [1.29, 1.82) is 0 Å². The maximum Gasteiger partial charge on any atom is 0.416 e. The molecule has 1 aliphatic heterocycles. The van der Waals surface area contributed by atoms with Gasteiger partial charge in [-0.15, -0.1) is 0 Å². The van der Waals surface area contributed by atoms with Gasteiger partial charge in [0.2, 0.25) is 0 Å². The molecule has 1 aliphatic rings. The number of alkyl halides is 3. The molecule has 0 bridgehead atoms. The lowest BCUT2D eigenvalue weighted by atomic mass is 9.98. The molecule has 9 nitrogen and oxygen atoms in total. The van der Waals surface area contributed by atoms with Gasteiger partial charge in [0.05, 0.1) is 24.7 Å². The average molecular weight is 620 g/mol. The van der Waals surface area contributed by atoms with E-state index in [4.69, 9.17) is 0 Å². The Labute approximate surface area is 252 Å². The van der Waals surface area contributed by atoms with E-state index in [9.17, 15) is 37.1 Å². The smallest absolute Gasteiger partial charge is 0.416 e. The quantitative estimate of drug-likeness (QED) is 0.368. The van der Waals surface area contributed by atoms with E-state index in [2.05, 4.69) is 5.32 Å². The molecule has 1 saturated heterocycles. The van der Waals surface area contributed by atoms with Gasteiger partial charge in [-0.3, -0.25) is 18.8 Å².